The van der Waals surface area contributed by atoms with Crippen LogP contribution < -0.4 is 0 Å². The van der Waals surface area contributed by atoms with Crippen LogP contribution in [0.5, 0.6) is 0 Å². The zero-order chi connectivity index (χ0) is 14.0. The van der Waals surface area contributed by atoms with Gasteiger partial charge < -0.3 is 4.57 Å². The van der Waals surface area contributed by atoms with Gasteiger partial charge in [0.2, 0.25) is 0 Å². The summed E-state index contributed by atoms with van der Waals surface area (Å²) in [6.07, 6.45) is 2.22. The second-order valence-corrected chi connectivity index (χ2v) is 5.82. The monoisotopic (exact) mass is 310 g/mol. The molecule has 0 unspecified atom stereocenters. The van der Waals surface area contributed by atoms with Gasteiger partial charge in [0.25, 0.3) is 0 Å². The number of unbranched alkanes of at least 4 members (excludes halogenated alkanes) is 1. The van der Waals surface area contributed by atoms with Gasteiger partial charge in [0.1, 0.15) is 10.1 Å². The smallest absolute Gasteiger partial charge is 0.186 e. The third-order valence-electron chi connectivity index (χ3n) is 3.12. The van der Waals surface area contributed by atoms with Crippen LogP contribution >= 0.6 is 37.5 Å². The minimum atomic E-state index is 0.757. The first-order chi connectivity index (χ1) is 9.06. The molecule has 5 heteroatoms. The number of thiol groups is 2. The van der Waals surface area contributed by atoms with Crippen LogP contribution in [-0.2, 0) is 6.54 Å². The summed E-state index contributed by atoms with van der Waals surface area (Å²) in [5.74, 6) is 0. The van der Waals surface area contributed by atoms with Gasteiger partial charge in [-0.3, -0.25) is 4.57 Å². The maximum atomic E-state index is 5.56. The van der Waals surface area contributed by atoms with Crippen molar-refractivity contribution >= 4 is 37.5 Å². The van der Waals surface area contributed by atoms with E-state index in [1.807, 2.05) is 9.13 Å². The van der Waals surface area contributed by atoms with Crippen LogP contribution in [0.2, 0.25) is 0 Å². The standard InChI is InChI=1S/C14H18N2S3/c1-3-4-9-15-12(17)13(18)16(14(15)19)11-7-5-10(2)6-8-11/h5-8,17-18H,3-4,9H2,1-2H3. The lowest BCUT2D eigenvalue weighted by Crippen LogP contribution is -2.00. The van der Waals surface area contributed by atoms with Gasteiger partial charge in [-0.25, -0.2) is 0 Å². The summed E-state index contributed by atoms with van der Waals surface area (Å²) in [6, 6.07) is 8.27. The van der Waals surface area contributed by atoms with Crippen molar-refractivity contribution in [3.63, 3.8) is 0 Å². The van der Waals surface area contributed by atoms with Crippen molar-refractivity contribution in [2.24, 2.45) is 0 Å². The summed E-state index contributed by atoms with van der Waals surface area (Å²) in [7, 11) is 0. The van der Waals surface area contributed by atoms with E-state index in [1.54, 1.807) is 0 Å². The Morgan fingerprint density at radius 3 is 2.32 bits per heavy atom. The number of aryl methyl sites for hydroxylation is 1. The van der Waals surface area contributed by atoms with Crippen LogP contribution in [0.3, 0.4) is 0 Å². The molecule has 0 radical (unpaired) electrons. The molecule has 0 fully saturated rings. The summed E-state index contributed by atoms with van der Waals surface area (Å²) in [6.45, 7) is 5.13. The van der Waals surface area contributed by atoms with Gasteiger partial charge >= 0.3 is 0 Å². The van der Waals surface area contributed by atoms with Gasteiger partial charge in [-0.2, -0.15) is 0 Å². The topological polar surface area (TPSA) is 9.86 Å². The highest BCUT2D eigenvalue weighted by molar-refractivity contribution is 7.83. The number of benzene rings is 1. The van der Waals surface area contributed by atoms with Crippen molar-refractivity contribution in [1.29, 1.82) is 0 Å². The Kier molecular flexibility index (Phi) is 4.81. The normalized spacial score (nSPS) is 10.9. The largest absolute Gasteiger partial charge is 0.311 e. The molecule has 0 spiro atoms. The molecule has 0 bridgehead atoms. The van der Waals surface area contributed by atoms with Crippen LogP contribution in [0.1, 0.15) is 25.3 Å². The summed E-state index contributed by atoms with van der Waals surface area (Å²) >= 11 is 14.7. The van der Waals surface area contributed by atoms with Crippen LogP contribution in [0, 0.1) is 11.7 Å². The van der Waals surface area contributed by atoms with Crippen molar-refractivity contribution in [3.8, 4) is 5.69 Å². The SMILES string of the molecule is CCCCn1c(S)c(S)n(-c2ccc(C)cc2)c1=S. The average Bonchev–Trinajstić information content (AvgIpc) is 2.60. The Hall–Kier alpha value is -0.650. The molecule has 1 heterocycles. The van der Waals surface area contributed by atoms with Gasteiger partial charge in [-0.05, 0) is 37.7 Å². The maximum absolute atomic E-state index is 5.56. The van der Waals surface area contributed by atoms with Gasteiger partial charge in [-0.15, -0.1) is 25.3 Å². The fourth-order valence-electron chi connectivity index (χ4n) is 1.97. The van der Waals surface area contributed by atoms with Gasteiger partial charge in [0, 0.05) is 12.2 Å². The van der Waals surface area contributed by atoms with Crippen molar-refractivity contribution in [1.82, 2.24) is 9.13 Å². The molecular formula is C14H18N2S3. The van der Waals surface area contributed by atoms with E-state index < -0.39 is 0 Å². The van der Waals surface area contributed by atoms with Gasteiger partial charge in [0.15, 0.2) is 4.77 Å². The highest BCUT2D eigenvalue weighted by Gasteiger charge is 2.13. The van der Waals surface area contributed by atoms with Crippen molar-refractivity contribution in [2.75, 3.05) is 0 Å². The molecule has 19 heavy (non-hydrogen) atoms. The van der Waals surface area contributed by atoms with Crippen LogP contribution in [0.4, 0.5) is 0 Å². The van der Waals surface area contributed by atoms with Crippen LogP contribution in [0.25, 0.3) is 5.69 Å². The van der Waals surface area contributed by atoms with Crippen LogP contribution in [-0.4, -0.2) is 9.13 Å². The molecule has 0 saturated heterocycles. The molecule has 1 aromatic heterocycles. The lowest BCUT2D eigenvalue weighted by Gasteiger charge is -2.05. The van der Waals surface area contributed by atoms with E-state index in [2.05, 4.69) is 63.4 Å². The van der Waals surface area contributed by atoms with E-state index in [0.717, 1.165) is 39.9 Å². The number of imidazole rings is 1. The van der Waals surface area contributed by atoms with Crippen molar-refractivity contribution in [3.05, 3.63) is 34.6 Å². The first kappa shape index (κ1) is 14.8. The lowest BCUT2D eigenvalue weighted by molar-refractivity contribution is 0.585. The molecule has 0 aliphatic heterocycles. The molecule has 0 aliphatic carbocycles. The molecule has 0 aliphatic rings. The minimum Gasteiger partial charge on any atom is -0.311 e. The molecule has 0 amide bonds. The van der Waals surface area contributed by atoms with Gasteiger partial charge in [-0.1, -0.05) is 31.0 Å². The van der Waals surface area contributed by atoms with Crippen LogP contribution in [0.15, 0.2) is 34.3 Å². The number of nitrogens with zero attached hydrogens (tertiary/aromatic N) is 2. The van der Waals surface area contributed by atoms with Crippen molar-refractivity contribution in [2.45, 2.75) is 43.3 Å². The van der Waals surface area contributed by atoms with Gasteiger partial charge in [0.05, 0.1) is 0 Å². The summed E-state index contributed by atoms with van der Waals surface area (Å²) in [5, 5.41) is 1.63. The molecular weight excluding hydrogens is 292 g/mol. The number of rotatable bonds is 4. The number of hydrogen-bond acceptors (Lipinski definition) is 3. The highest BCUT2D eigenvalue weighted by Crippen LogP contribution is 2.26. The molecule has 1 aromatic carbocycles. The second-order valence-electron chi connectivity index (χ2n) is 4.61. The first-order valence-electron chi connectivity index (χ1n) is 6.36. The zero-order valence-corrected chi connectivity index (χ0v) is 13.7. The Morgan fingerprint density at radius 2 is 1.74 bits per heavy atom. The molecule has 0 saturated carbocycles. The average molecular weight is 311 g/mol. The van der Waals surface area contributed by atoms with E-state index in [1.165, 1.54) is 5.56 Å². The van der Waals surface area contributed by atoms with E-state index in [9.17, 15) is 0 Å². The maximum Gasteiger partial charge on any atom is 0.186 e. The Balaban J connectivity index is 2.52. The zero-order valence-electron chi connectivity index (χ0n) is 11.1. The summed E-state index contributed by atoms with van der Waals surface area (Å²) in [4.78, 5) is 0. The second kappa shape index (κ2) is 6.20. The highest BCUT2D eigenvalue weighted by atomic mass is 32.1. The fourth-order valence-corrected chi connectivity index (χ4v) is 3.11. The number of hydrogen-bond donors (Lipinski definition) is 2. The van der Waals surface area contributed by atoms with E-state index in [-0.39, 0.29) is 0 Å². The Bertz CT molecular complexity index is 623. The van der Waals surface area contributed by atoms with E-state index in [0.29, 0.717) is 0 Å². The predicted octanol–water partition coefficient (Wildman–Crippen LogP) is 4.69. The third-order valence-corrected chi connectivity index (χ3v) is 4.56. The van der Waals surface area contributed by atoms with E-state index >= 15 is 0 Å². The fraction of sp³-hybridized carbons (Fsp3) is 0.357. The molecule has 0 atom stereocenters. The summed E-state index contributed by atoms with van der Waals surface area (Å²) in [5.41, 5.74) is 2.26. The molecule has 2 rings (SSSR count). The molecule has 2 nitrogen and oxygen atoms in total. The Morgan fingerprint density at radius 1 is 1.11 bits per heavy atom. The minimum absolute atomic E-state index is 0.757. The lowest BCUT2D eigenvalue weighted by atomic mass is 10.2. The van der Waals surface area contributed by atoms with Crippen molar-refractivity contribution < 1.29 is 0 Å². The predicted molar refractivity (Wildman–Crippen MR) is 88.7 cm³/mol. The molecule has 2 aromatic rings. The van der Waals surface area contributed by atoms with E-state index in [4.69, 9.17) is 12.2 Å². The molecule has 102 valence electrons. The Labute approximate surface area is 130 Å². The third kappa shape index (κ3) is 2.93. The molecule has 0 N–H and O–H groups in total. The summed E-state index contributed by atoms with van der Waals surface area (Å²) < 4.78 is 4.77. The quantitative estimate of drug-likeness (QED) is 0.615. The number of aromatic nitrogens is 2. The first-order valence-corrected chi connectivity index (χ1v) is 7.67.